The van der Waals surface area contributed by atoms with Gasteiger partial charge >= 0.3 is 23.9 Å². The van der Waals surface area contributed by atoms with Gasteiger partial charge in [0.2, 0.25) is 0 Å². The lowest BCUT2D eigenvalue weighted by Gasteiger charge is -2.27. The van der Waals surface area contributed by atoms with Gasteiger partial charge in [-0.3, -0.25) is 24.1 Å². The highest BCUT2D eigenvalue weighted by Crippen LogP contribution is 2.09. The van der Waals surface area contributed by atoms with Gasteiger partial charge < -0.3 is 35.2 Å². The molecular formula is C23H44N4O8. The van der Waals surface area contributed by atoms with E-state index < -0.39 is 23.1 Å². The highest BCUT2D eigenvalue weighted by Gasteiger charge is 2.19. The molecule has 0 saturated carbocycles. The number of carboxylic acids is 2. The molecule has 0 aliphatic heterocycles. The third kappa shape index (κ3) is 22.0. The maximum Gasteiger partial charge on any atom is 0.320 e. The van der Waals surface area contributed by atoms with Gasteiger partial charge in [-0.25, -0.2) is 0 Å². The molecule has 0 fully saturated rings. The molecule has 0 heterocycles. The minimum atomic E-state index is -0.972. The Balaban J connectivity index is 4.77. The lowest BCUT2D eigenvalue weighted by atomic mass is 10.2. The van der Waals surface area contributed by atoms with E-state index in [0.717, 1.165) is 0 Å². The Morgan fingerprint density at radius 1 is 0.657 bits per heavy atom. The largest absolute Gasteiger partial charge is 0.480 e. The first-order chi connectivity index (χ1) is 16.1. The summed E-state index contributed by atoms with van der Waals surface area (Å²) in [7, 11) is 0. The molecule has 0 saturated heterocycles. The van der Waals surface area contributed by atoms with Gasteiger partial charge in [-0.05, 0) is 41.5 Å². The Morgan fingerprint density at radius 2 is 1.14 bits per heavy atom. The molecule has 0 spiro atoms. The lowest BCUT2D eigenvalue weighted by Crippen LogP contribution is -2.44. The van der Waals surface area contributed by atoms with E-state index in [4.69, 9.17) is 14.6 Å². The van der Waals surface area contributed by atoms with Crippen molar-refractivity contribution in [3.05, 3.63) is 0 Å². The Morgan fingerprint density at radius 3 is 1.66 bits per heavy atom. The second kappa shape index (κ2) is 16.4. The van der Waals surface area contributed by atoms with Gasteiger partial charge in [-0.15, -0.1) is 0 Å². The fourth-order valence-corrected chi connectivity index (χ4v) is 2.96. The molecule has 0 aromatic carbocycles. The minimum Gasteiger partial charge on any atom is -0.480 e. The van der Waals surface area contributed by atoms with Crippen LogP contribution in [0, 0.1) is 0 Å². The summed E-state index contributed by atoms with van der Waals surface area (Å²) < 4.78 is 10.6. The zero-order valence-corrected chi connectivity index (χ0v) is 22.0. The second-order valence-electron chi connectivity index (χ2n) is 10.2. The summed E-state index contributed by atoms with van der Waals surface area (Å²) in [6.45, 7) is 13.3. The molecule has 0 bridgehead atoms. The van der Waals surface area contributed by atoms with E-state index in [-0.39, 0.29) is 38.0 Å². The van der Waals surface area contributed by atoms with Gasteiger partial charge in [0, 0.05) is 45.8 Å². The van der Waals surface area contributed by atoms with Crippen LogP contribution in [0.1, 0.15) is 48.0 Å². The number of hydrogen-bond acceptors (Lipinski definition) is 10. The number of carbonyl (C=O) groups excluding carboxylic acids is 2. The van der Waals surface area contributed by atoms with E-state index >= 15 is 0 Å². The van der Waals surface area contributed by atoms with Gasteiger partial charge in [0.1, 0.15) is 11.2 Å². The van der Waals surface area contributed by atoms with Crippen molar-refractivity contribution in [1.82, 2.24) is 20.4 Å². The number of carboxylic acid groups (broad SMARTS) is 2. The number of nitrogens with one attached hydrogen (secondary N) is 2. The summed E-state index contributed by atoms with van der Waals surface area (Å²) >= 11 is 0. The van der Waals surface area contributed by atoms with Crippen LogP contribution in [0.2, 0.25) is 0 Å². The molecule has 0 radical (unpaired) electrons. The molecule has 0 aliphatic carbocycles. The molecule has 0 rings (SSSR count). The number of hydrogen-bond donors (Lipinski definition) is 4. The van der Waals surface area contributed by atoms with Crippen molar-refractivity contribution in [3.63, 3.8) is 0 Å². The topological polar surface area (TPSA) is 158 Å². The maximum atomic E-state index is 12.1. The molecule has 0 unspecified atom stereocenters. The van der Waals surface area contributed by atoms with E-state index in [1.165, 1.54) is 0 Å². The number of rotatable bonds is 18. The minimum absolute atomic E-state index is 0.0233. The van der Waals surface area contributed by atoms with Gasteiger partial charge in [-0.1, -0.05) is 0 Å². The normalized spacial score (nSPS) is 12.1. The Kier molecular flexibility index (Phi) is 15.3. The van der Waals surface area contributed by atoms with Crippen LogP contribution in [0.5, 0.6) is 0 Å². The molecular weight excluding hydrogens is 460 g/mol. The second-order valence-corrected chi connectivity index (χ2v) is 10.2. The van der Waals surface area contributed by atoms with Crippen LogP contribution in [0.15, 0.2) is 0 Å². The molecule has 0 aliphatic rings. The first-order valence-electron chi connectivity index (χ1n) is 11.8. The monoisotopic (exact) mass is 504 g/mol. The van der Waals surface area contributed by atoms with Gasteiger partial charge in [0.15, 0.2) is 0 Å². The van der Waals surface area contributed by atoms with Crippen molar-refractivity contribution < 1.29 is 38.9 Å². The van der Waals surface area contributed by atoms with Crippen molar-refractivity contribution in [2.24, 2.45) is 0 Å². The Hall–Kier alpha value is -2.28. The molecule has 12 nitrogen and oxygen atoms in total. The third-order valence-electron chi connectivity index (χ3n) is 4.32. The number of esters is 2. The fourth-order valence-electron chi connectivity index (χ4n) is 2.96. The van der Waals surface area contributed by atoms with Crippen LogP contribution in [0.25, 0.3) is 0 Å². The van der Waals surface area contributed by atoms with E-state index in [1.807, 2.05) is 4.90 Å². The molecule has 0 amide bonds. The summed E-state index contributed by atoms with van der Waals surface area (Å²) in [5, 5.41) is 23.8. The first kappa shape index (κ1) is 32.7. The quantitative estimate of drug-likeness (QED) is 0.147. The van der Waals surface area contributed by atoms with Gasteiger partial charge in [-0.2, -0.15) is 0 Å². The average Bonchev–Trinajstić information content (AvgIpc) is 2.66. The molecule has 0 atom stereocenters. The van der Waals surface area contributed by atoms with Crippen LogP contribution in [0.3, 0.4) is 0 Å². The van der Waals surface area contributed by atoms with E-state index in [0.29, 0.717) is 45.8 Å². The number of nitrogens with zero attached hydrogens (tertiary/aromatic N) is 2. The Labute approximate surface area is 208 Å². The molecule has 12 heteroatoms. The van der Waals surface area contributed by atoms with Crippen LogP contribution in [0.4, 0.5) is 0 Å². The van der Waals surface area contributed by atoms with Crippen LogP contribution < -0.4 is 10.6 Å². The first-order valence-corrected chi connectivity index (χ1v) is 11.8. The number of carbonyl (C=O) groups is 4. The standard InChI is InChI=1S/C23H44N4O8/c1-22(2,3)34-20(32)7-10-26(11-8-24-15-18(28)29)13-14-27(17-19(30)31)12-9-25-16-21(33)35-23(4,5)6/h24-25H,7-17H2,1-6H3,(H,28,29)(H,30,31). The average molecular weight is 505 g/mol. The lowest BCUT2D eigenvalue weighted by molar-refractivity contribution is -0.155. The number of ether oxygens (including phenoxy) is 2. The summed E-state index contributed by atoms with van der Waals surface area (Å²) in [6, 6.07) is 0. The van der Waals surface area contributed by atoms with Gasteiger partial charge in [0.05, 0.1) is 26.1 Å². The Bertz CT molecular complexity index is 673. The molecule has 0 aromatic heterocycles. The van der Waals surface area contributed by atoms with Crippen molar-refractivity contribution >= 4 is 23.9 Å². The SMILES string of the molecule is CC(C)(C)OC(=O)CCN(CCNCC(=O)O)CCN(CCNCC(=O)OC(C)(C)C)CC(=O)O. The zero-order valence-electron chi connectivity index (χ0n) is 22.0. The van der Waals surface area contributed by atoms with Crippen LogP contribution in [-0.2, 0) is 28.7 Å². The van der Waals surface area contributed by atoms with Crippen LogP contribution in [-0.4, -0.2) is 121 Å². The smallest absolute Gasteiger partial charge is 0.320 e. The van der Waals surface area contributed by atoms with Gasteiger partial charge in [0.25, 0.3) is 0 Å². The molecule has 204 valence electrons. The van der Waals surface area contributed by atoms with Crippen molar-refractivity contribution in [2.75, 3.05) is 65.4 Å². The molecule has 0 aromatic rings. The number of aliphatic carboxylic acids is 2. The summed E-state index contributed by atoms with van der Waals surface area (Å²) in [4.78, 5) is 49.6. The van der Waals surface area contributed by atoms with E-state index in [2.05, 4.69) is 10.6 Å². The third-order valence-corrected chi connectivity index (χ3v) is 4.32. The van der Waals surface area contributed by atoms with Crippen molar-refractivity contribution in [1.29, 1.82) is 0 Å². The molecule has 35 heavy (non-hydrogen) atoms. The highest BCUT2D eigenvalue weighted by atomic mass is 16.6. The van der Waals surface area contributed by atoms with Crippen LogP contribution >= 0.6 is 0 Å². The van der Waals surface area contributed by atoms with Crippen molar-refractivity contribution in [2.45, 2.75) is 59.2 Å². The highest BCUT2D eigenvalue weighted by molar-refractivity contribution is 5.72. The summed E-state index contributed by atoms with van der Waals surface area (Å²) in [5.41, 5.74) is -1.16. The zero-order chi connectivity index (χ0) is 27.1. The summed E-state index contributed by atoms with van der Waals surface area (Å²) in [6.07, 6.45) is 0.159. The van der Waals surface area contributed by atoms with Crippen molar-refractivity contribution in [3.8, 4) is 0 Å². The summed E-state index contributed by atoms with van der Waals surface area (Å²) in [5.74, 6) is -2.66. The fraction of sp³-hybridized carbons (Fsp3) is 0.826. The molecule has 4 N–H and O–H groups in total. The predicted molar refractivity (Wildman–Crippen MR) is 130 cm³/mol. The maximum absolute atomic E-state index is 12.1. The van der Waals surface area contributed by atoms with E-state index in [9.17, 15) is 24.3 Å². The predicted octanol–water partition coefficient (Wildman–Crippen LogP) is 0.0123. The van der Waals surface area contributed by atoms with E-state index in [1.54, 1.807) is 46.4 Å².